The molecule has 0 saturated heterocycles. The second kappa shape index (κ2) is 6.81. The van der Waals surface area contributed by atoms with Crippen LogP contribution < -0.4 is 4.72 Å². The van der Waals surface area contributed by atoms with E-state index in [2.05, 4.69) is 9.46 Å². The Hall–Kier alpha value is -1.47. The summed E-state index contributed by atoms with van der Waals surface area (Å²) >= 11 is 0. The molecule has 0 aliphatic rings. The van der Waals surface area contributed by atoms with E-state index in [1.165, 1.54) is 7.11 Å². The molecule has 0 fully saturated rings. The maximum atomic E-state index is 12.8. The highest BCUT2D eigenvalue weighted by molar-refractivity contribution is 7.89. The number of sulfonamides is 1. The van der Waals surface area contributed by atoms with Crippen molar-refractivity contribution in [2.75, 3.05) is 7.11 Å². The van der Waals surface area contributed by atoms with Crippen LogP contribution in [0.1, 0.15) is 20.3 Å². The monoisotopic (exact) mass is 303 g/mol. The van der Waals surface area contributed by atoms with Crippen LogP contribution in [0.3, 0.4) is 0 Å². The van der Waals surface area contributed by atoms with Gasteiger partial charge in [0.25, 0.3) is 0 Å². The Morgan fingerprint density at radius 2 is 1.85 bits per heavy atom. The average Bonchev–Trinajstić information content (AvgIpc) is 2.36. The Balaban J connectivity index is 2.96. The largest absolute Gasteiger partial charge is 0.468 e. The zero-order valence-corrected chi connectivity index (χ0v) is 12.4. The Bertz CT molecular complexity index is 554. The molecule has 0 saturated carbocycles. The lowest BCUT2D eigenvalue weighted by atomic mass is 10.1. The lowest BCUT2D eigenvalue weighted by Gasteiger charge is -2.18. The number of rotatable bonds is 6. The molecule has 5 nitrogen and oxygen atoms in total. The molecule has 0 bridgehead atoms. The second-order valence-electron chi connectivity index (χ2n) is 4.78. The summed E-state index contributed by atoms with van der Waals surface area (Å²) in [4.78, 5) is 11.5. The predicted octanol–water partition coefficient (Wildman–Crippen LogP) is 1.69. The highest BCUT2D eigenvalue weighted by Crippen LogP contribution is 2.13. The SMILES string of the molecule is COC(=O)C(CC(C)C)NS(=O)(=O)c1ccc(F)cc1. The van der Waals surface area contributed by atoms with Gasteiger partial charge < -0.3 is 4.74 Å². The molecule has 0 aliphatic heterocycles. The van der Waals surface area contributed by atoms with Crippen LogP contribution in [0.2, 0.25) is 0 Å². The minimum Gasteiger partial charge on any atom is -0.468 e. The zero-order chi connectivity index (χ0) is 15.3. The third-order valence-corrected chi connectivity index (χ3v) is 4.10. The van der Waals surface area contributed by atoms with Crippen molar-refractivity contribution in [1.29, 1.82) is 0 Å². The van der Waals surface area contributed by atoms with E-state index >= 15 is 0 Å². The summed E-state index contributed by atoms with van der Waals surface area (Å²) in [5.41, 5.74) is 0. The standard InChI is InChI=1S/C13H18FNO4S/c1-9(2)8-12(13(16)19-3)15-20(17,18)11-6-4-10(14)5-7-11/h4-7,9,12,15H,8H2,1-3H3. The summed E-state index contributed by atoms with van der Waals surface area (Å²) in [5, 5.41) is 0. The molecule has 0 aliphatic carbocycles. The van der Waals surface area contributed by atoms with Gasteiger partial charge >= 0.3 is 5.97 Å². The van der Waals surface area contributed by atoms with Gasteiger partial charge in [0.15, 0.2) is 0 Å². The van der Waals surface area contributed by atoms with Crippen molar-refractivity contribution < 1.29 is 22.3 Å². The molecule has 0 heterocycles. The fourth-order valence-electron chi connectivity index (χ4n) is 1.68. The van der Waals surface area contributed by atoms with Crippen molar-refractivity contribution >= 4 is 16.0 Å². The number of benzene rings is 1. The Labute approximate surface area is 118 Å². The molecule has 7 heteroatoms. The molecule has 112 valence electrons. The molecule has 1 aromatic carbocycles. The summed E-state index contributed by atoms with van der Waals surface area (Å²) in [5.74, 6) is -1.07. The van der Waals surface area contributed by atoms with Crippen LogP contribution in [0.5, 0.6) is 0 Å². The topological polar surface area (TPSA) is 72.5 Å². The molecular formula is C13H18FNO4S. The predicted molar refractivity (Wildman–Crippen MR) is 72.0 cm³/mol. The van der Waals surface area contributed by atoms with Gasteiger partial charge in [-0.1, -0.05) is 13.8 Å². The van der Waals surface area contributed by atoms with Crippen LogP contribution in [-0.2, 0) is 19.6 Å². The van der Waals surface area contributed by atoms with E-state index in [0.29, 0.717) is 6.42 Å². The normalized spacial score (nSPS) is 13.2. The molecule has 1 atom stereocenters. The average molecular weight is 303 g/mol. The second-order valence-corrected chi connectivity index (χ2v) is 6.49. The van der Waals surface area contributed by atoms with Crippen LogP contribution in [-0.4, -0.2) is 27.5 Å². The number of hydrogen-bond acceptors (Lipinski definition) is 4. The quantitative estimate of drug-likeness (QED) is 0.812. The number of nitrogens with one attached hydrogen (secondary N) is 1. The summed E-state index contributed by atoms with van der Waals surface area (Å²) in [6, 6.07) is 3.41. The first-order valence-corrected chi connectivity index (χ1v) is 7.60. The van der Waals surface area contributed by atoms with Crippen LogP contribution in [0.15, 0.2) is 29.2 Å². The van der Waals surface area contributed by atoms with Gasteiger partial charge in [0, 0.05) is 0 Å². The Morgan fingerprint density at radius 3 is 2.30 bits per heavy atom. The van der Waals surface area contributed by atoms with Gasteiger partial charge in [0.1, 0.15) is 11.9 Å². The fourth-order valence-corrected chi connectivity index (χ4v) is 2.87. The molecule has 1 rings (SSSR count). The Kier molecular flexibility index (Phi) is 5.64. The van der Waals surface area contributed by atoms with E-state index in [1.807, 2.05) is 13.8 Å². The number of halogens is 1. The van der Waals surface area contributed by atoms with Crippen molar-refractivity contribution in [1.82, 2.24) is 4.72 Å². The van der Waals surface area contributed by atoms with E-state index in [1.54, 1.807) is 0 Å². The van der Waals surface area contributed by atoms with E-state index < -0.39 is 27.9 Å². The summed E-state index contributed by atoms with van der Waals surface area (Å²) < 4.78 is 43.9. The van der Waals surface area contributed by atoms with Gasteiger partial charge in [-0.2, -0.15) is 4.72 Å². The lowest BCUT2D eigenvalue weighted by Crippen LogP contribution is -2.42. The minimum absolute atomic E-state index is 0.100. The van der Waals surface area contributed by atoms with E-state index in [0.717, 1.165) is 24.3 Å². The number of carbonyl (C=O) groups excluding carboxylic acids is 1. The first-order valence-electron chi connectivity index (χ1n) is 6.12. The Morgan fingerprint density at radius 1 is 1.30 bits per heavy atom. The number of ether oxygens (including phenoxy) is 1. The van der Waals surface area contributed by atoms with E-state index in [9.17, 15) is 17.6 Å². The van der Waals surface area contributed by atoms with Gasteiger partial charge in [-0.3, -0.25) is 4.79 Å². The molecule has 0 spiro atoms. The van der Waals surface area contributed by atoms with Crippen LogP contribution in [0.25, 0.3) is 0 Å². The van der Waals surface area contributed by atoms with Gasteiger partial charge in [0.05, 0.1) is 12.0 Å². The van der Waals surface area contributed by atoms with E-state index in [4.69, 9.17) is 0 Å². The smallest absolute Gasteiger partial charge is 0.323 e. The van der Waals surface area contributed by atoms with Crippen LogP contribution in [0, 0.1) is 11.7 Å². The van der Waals surface area contributed by atoms with Crippen molar-refractivity contribution in [3.8, 4) is 0 Å². The maximum Gasteiger partial charge on any atom is 0.323 e. The van der Waals surface area contributed by atoms with Crippen LogP contribution in [0.4, 0.5) is 4.39 Å². The van der Waals surface area contributed by atoms with Crippen molar-refractivity contribution in [2.24, 2.45) is 5.92 Å². The number of methoxy groups -OCH3 is 1. The van der Waals surface area contributed by atoms with Gasteiger partial charge in [-0.05, 0) is 36.6 Å². The number of esters is 1. The van der Waals surface area contributed by atoms with E-state index in [-0.39, 0.29) is 10.8 Å². The molecule has 0 amide bonds. The first-order chi connectivity index (χ1) is 9.26. The van der Waals surface area contributed by atoms with Crippen molar-refractivity contribution in [3.63, 3.8) is 0 Å². The first kappa shape index (κ1) is 16.6. The molecule has 0 aromatic heterocycles. The third kappa shape index (κ3) is 4.57. The number of carbonyl (C=O) groups is 1. The number of hydrogen-bond donors (Lipinski definition) is 1. The highest BCUT2D eigenvalue weighted by Gasteiger charge is 2.27. The molecule has 20 heavy (non-hydrogen) atoms. The summed E-state index contributed by atoms with van der Waals surface area (Å²) in [6.07, 6.45) is 0.313. The fraction of sp³-hybridized carbons (Fsp3) is 0.462. The summed E-state index contributed by atoms with van der Waals surface area (Å²) in [6.45, 7) is 3.73. The zero-order valence-electron chi connectivity index (χ0n) is 11.6. The van der Waals surface area contributed by atoms with Gasteiger partial charge in [0.2, 0.25) is 10.0 Å². The minimum atomic E-state index is -3.89. The third-order valence-electron chi connectivity index (χ3n) is 2.61. The highest BCUT2D eigenvalue weighted by atomic mass is 32.2. The van der Waals surface area contributed by atoms with Gasteiger partial charge in [-0.25, -0.2) is 12.8 Å². The van der Waals surface area contributed by atoms with Crippen LogP contribution >= 0.6 is 0 Å². The van der Waals surface area contributed by atoms with Crippen molar-refractivity contribution in [2.45, 2.75) is 31.2 Å². The molecular weight excluding hydrogens is 285 g/mol. The van der Waals surface area contributed by atoms with Gasteiger partial charge in [-0.15, -0.1) is 0 Å². The summed E-state index contributed by atoms with van der Waals surface area (Å²) in [7, 11) is -2.70. The molecule has 1 N–H and O–H groups in total. The lowest BCUT2D eigenvalue weighted by molar-refractivity contribution is -0.143. The molecule has 0 radical (unpaired) electrons. The molecule has 1 unspecified atom stereocenters. The maximum absolute atomic E-state index is 12.8. The molecule has 1 aromatic rings. The van der Waals surface area contributed by atoms with Crippen molar-refractivity contribution in [3.05, 3.63) is 30.1 Å².